The molecule has 2 nitrogen and oxygen atoms in total. The zero-order valence-corrected chi connectivity index (χ0v) is 12.9. The Morgan fingerprint density at radius 2 is 2.00 bits per heavy atom. The Bertz CT molecular complexity index is 400. The van der Waals surface area contributed by atoms with Gasteiger partial charge in [-0.2, -0.15) is 0 Å². The molecule has 2 atom stereocenters. The number of piperidine rings is 1. The molecule has 1 aliphatic heterocycles. The molecule has 1 saturated heterocycles. The zero-order valence-electron chi connectivity index (χ0n) is 10.5. The van der Waals surface area contributed by atoms with E-state index in [9.17, 15) is 4.79 Å². The highest BCUT2D eigenvalue weighted by molar-refractivity contribution is 9.11. The quantitative estimate of drug-likeness (QED) is 0.768. The lowest BCUT2D eigenvalue weighted by Gasteiger charge is -2.34. The summed E-state index contributed by atoms with van der Waals surface area (Å²) in [5.74, 6) is 1.43. The van der Waals surface area contributed by atoms with Crippen molar-refractivity contribution in [1.82, 2.24) is 4.90 Å². The summed E-state index contributed by atoms with van der Waals surface area (Å²) in [5.41, 5.74) is 1.15. The van der Waals surface area contributed by atoms with E-state index in [2.05, 4.69) is 29.8 Å². The molecule has 1 aromatic rings. The van der Waals surface area contributed by atoms with Crippen LogP contribution < -0.4 is 0 Å². The van der Waals surface area contributed by atoms with Gasteiger partial charge < -0.3 is 4.90 Å². The number of carbonyl (C=O) groups excluding carboxylic acids is 1. The smallest absolute Gasteiger partial charge is 0.263 e. The molecule has 0 aromatic carbocycles. The Labute approximate surface area is 115 Å². The Kier molecular flexibility index (Phi) is 3.93. The van der Waals surface area contributed by atoms with E-state index in [-0.39, 0.29) is 5.91 Å². The van der Waals surface area contributed by atoms with Crippen LogP contribution in [-0.2, 0) is 0 Å². The van der Waals surface area contributed by atoms with Crippen molar-refractivity contribution in [2.24, 2.45) is 11.8 Å². The predicted molar refractivity (Wildman–Crippen MR) is 75.6 cm³/mol. The number of hydrogen-bond acceptors (Lipinski definition) is 2. The minimum atomic E-state index is 0.196. The number of carbonyl (C=O) groups is 1. The average Bonchev–Trinajstić information content (AvgIpc) is 2.57. The van der Waals surface area contributed by atoms with Crippen LogP contribution in [0, 0.1) is 18.8 Å². The van der Waals surface area contributed by atoms with E-state index in [0.29, 0.717) is 11.8 Å². The monoisotopic (exact) mass is 315 g/mol. The third-order valence-electron chi connectivity index (χ3n) is 3.22. The molecule has 0 saturated carbocycles. The van der Waals surface area contributed by atoms with Crippen molar-refractivity contribution in [3.63, 3.8) is 0 Å². The van der Waals surface area contributed by atoms with E-state index in [4.69, 9.17) is 0 Å². The number of aryl methyl sites for hydroxylation is 1. The van der Waals surface area contributed by atoms with Crippen LogP contribution in [0.5, 0.6) is 0 Å². The number of amides is 1. The zero-order chi connectivity index (χ0) is 12.6. The summed E-state index contributed by atoms with van der Waals surface area (Å²) in [7, 11) is 0. The molecular formula is C13H18BrNOS. The SMILES string of the molecule is Cc1cc(C(=O)N2CC(C)CC(C)C2)sc1Br. The third kappa shape index (κ3) is 2.91. The normalized spacial score (nSPS) is 25.1. The van der Waals surface area contributed by atoms with Crippen molar-refractivity contribution in [1.29, 1.82) is 0 Å². The summed E-state index contributed by atoms with van der Waals surface area (Å²) < 4.78 is 1.07. The molecule has 1 fully saturated rings. The van der Waals surface area contributed by atoms with Gasteiger partial charge in [0.2, 0.25) is 0 Å². The Balaban J connectivity index is 2.14. The molecule has 4 heteroatoms. The number of nitrogens with zero attached hydrogens (tertiary/aromatic N) is 1. The summed E-state index contributed by atoms with van der Waals surface area (Å²) >= 11 is 5.02. The largest absolute Gasteiger partial charge is 0.337 e. The van der Waals surface area contributed by atoms with Crippen molar-refractivity contribution in [3.8, 4) is 0 Å². The van der Waals surface area contributed by atoms with Gasteiger partial charge in [-0.3, -0.25) is 4.79 Å². The molecule has 2 rings (SSSR count). The van der Waals surface area contributed by atoms with Gasteiger partial charge in [0.15, 0.2) is 0 Å². The highest BCUT2D eigenvalue weighted by atomic mass is 79.9. The minimum absolute atomic E-state index is 0.196. The fourth-order valence-electron chi connectivity index (χ4n) is 2.55. The standard InChI is InChI=1S/C13H18BrNOS/c1-8-4-9(2)7-15(6-8)13(16)11-5-10(3)12(14)17-11/h5,8-9H,4,6-7H2,1-3H3. The lowest BCUT2D eigenvalue weighted by atomic mass is 9.92. The van der Waals surface area contributed by atoms with E-state index in [0.717, 1.165) is 27.3 Å². The molecule has 0 bridgehead atoms. The summed E-state index contributed by atoms with van der Waals surface area (Å²) in [6.07, 6.45) is 1.23. The number of rotatable bonds is 1. The molecule has 1 aliphatic rings. The molecule has 0 spiro atoms. The molecule has 2 heterocycles. The summed E-state index contributed by atoms with van der Waals surface area (Å²) in [6.45, 7) is 8.28. The van der Waals surface area contributed by atoms with Crippen molar-refractivity contribution < 1.29 is 4.79 Å². The second-order valence-corrected chi connectivity index (χ2v) is 7.59. The van der Waals surface area contributed by atoms with Crippen LogP contribution in [0.2, 0.25) is 0 Å². The second-order valence-electron chi connectivity index (χ2n) is 5.22. The van der Waals surface area contributed by atoms with Crippen LogP contribution >= 0.6 is 27.3 Å². The van der Waals surface area contributed by atoms with Gasteiger partial charge in [0, 0.05) is 13.1 Å². The first-order chi connectivity index (χ1) is 7.97. The second kappa shape index (κ2) is 5.11. The lowest BCUT2D eigenvalue weighted by Crippen LogP contribution is -2.42. The van der Waals surface area contributed by atoms with Gasteiger partial charge in [-0.1, -0.05) is 13.8 Å². The van der Waals surface area contributed by atoms with E-state index >= 15 is 0 Å². The molecule has 1 aromatic heterocycles. The van der Waals surface area contributed by atoms with Gasteiger partial charge in [0.25, 0.3) is 5.91 Å². The van der Waals surface area contributed by atoms with Gasteiger partial charge in [-0.15, -0.1) is 11.3 Å². The molecule has 94 valence electrons. The van der Waals surface area contributed by atoms with E-state index in [1.807, 2.05) is 17.9 Å². The van der Waals surface area contributed by atoms with Gasteiger partial charge in [-0.05, 0) is 52.7 Å². The Hall–Kier alpha value is -0.350. The fraction of sp³-hybridized carbons (Fsp3) is 0.615. The number of hydrogen-bond donors (Lipinski definition) is 0. The van der Waals surface area contributed by atoms with Gasteiger partial charge >= 0.3 is 0 Å². The summed E-state index contributed by atoms with van der Waals surface area (Å²) in [4.78, 5) is 15.2. The van der Waals surface area contributed by atoms with Gasteiger partial charge in [-0.25, -0.2) is 0 Å². The average molecular weight is 316 g/mol. The van der Waals surface area contributed by atoms with E-state index in [1.54, 1.807) is 11.3 Å². The first-order valence-corrected chi connectivity index (χ1v) is 7.63. The lowest BCUT2D eigenvalue weighted by molar-refractivity contribution is 0.0628. The molecule has 0 radical (unpaired) electrons. The highest BCUT2D eigenvalue weighted by Crippen LogP contribution is 2.30. The first-order valence-electron chi connectivity index (χ1n) is 6.02. The number of halogens is 1. The molecule has 0 aliphatic carbocycles. The number of thiophene rings is 1. The van der Waals surface area contributed by atoms with Crippen molar-refractivity contribution in [2.75, 3.05) is 13.1 Å². The van der Waals surface area contributed by atoms with Crippen LogP contribution in [-0.4, -0.2) is 23.9 Å². The Morgan fingerprint density at radius 1 is 1.41 bits per heavy atom. The topological polar surface area (TPSA) is 20.3 Å². The van der Waals surface area contributed by atoms with Crippen LogP contribution in [0.3, 0.4) is 0 Å². The molecule has 1 amide bonds. The Morgan fingerprint density at radius 3 is 2.47 bits per heavy atom. The summed E-state index contributed by atoms with van der Waals surface area (Å²) in [5, 5.41) is 0. The van der Waals surface area contributed by atoms with E-state index in [1.165, 1.54) is 6.42 Å². The maximum absolute atomic E-state index is 12.4. The predicted octanol–water partition coefficient (Wildman–Crippen LogP) is 3.94. The molecular weight excluding hydrogens is 298 g/mol. The summed E-state index contributed by atoms with van der Waals surface area (Å²) in [6, 6.07) is 1.99. The first kappa shape index (κ1) is 13.1. The van der Waals surface area contributed by atoms with Crippen molar-refractivity contribution >= 4 is 33.2 Å². The molecule has 0 N–H and O–H groups in total. The minimum Gasteiger partial charge on any atom is -0.337 e. The van der Waals surface area contributed by atoms with Crippen LogP contribution in [0.25, 0.3) is 0 Å². The van der Waals surface area contributed by atoms with Gasteiger partial charge in [0.1, 0.15) is 0 Å². The maximum atomic E-state index is 12.4. The van der Waals surface area contributed by atoms with Gasteiger partial charge in [0.05, 0.1) is 8.66 Å². The van der Waals surface area contributed by atoms with Crippen LogP contribution in [0.15, 0.2) is 9.85 Å². The van der Waals surface area contributed by atoms with E-state index < -0.39 is 0 Å². The molecule has 2 unspecified atom stereocenters. The maximum Gasteiger partial charge on any atom is 0.263 e. The van der Waals surface area contributed by atoms with Crippen LogP contribution in [0.4, 0.5) is 0 Å². The van der Waals surface area contributed by atoms with Crippen LogP contribution in [0.1, 0.15) is 35.5 Å². The molecule has 17 heavy (non-hydrogen) atoms. The van der Waals surface area contributed by atoms with Crippen molar-refractivity contribution in [3.05, 3.63) is 20.3 Å². The fourth-order valence-corrected chi connectivity index (χ4v) is 4.05. The third-order valence-corrected chi connectivity index (χ3v) is 5.35. The van der Waals surface area contributed by atoms with Crippen molar-refractivity contribution in [2.45, 2.75) is 27.2 Å². The number of likely N-dealkylation sites (tertiary alicyclic amines) is 1. The highest BCUT2D eigenvalue weighted by Gasteiger charge is 2.27.